The molecule has 37 heteroatoms. The normalized spacial score (nSPS) is 22.5. The maximum atomic E-state index is 15.0. The average Bonchev–Trinajstić information content (AvgIpc) is 1.54. The molecule has 23 nitrogen and oxygen atoms in total. The minimum absolute atomic E-state index is 0.000975. The number of esters is 4. The predicted molar refractivity (Wildman–Crippen MR) is 378 cm³/mol. The van der Waals surface area contributed by atoms with Gasteiger partial charge in [-0.3, -0.25) is 29.2 Å². The standard InChI is InChI=1S/C41H40F7N3O9.C39H36F7N3O8/c1-20-13-23-14-25-27(16-49)51-26(32(50(25)3)30(23)36(33(20)55-5)57-18-54-4)15-24-31(28(51)17-56-29(52)12-11-22-9-7-6-8-10-22)37-35(58-19-59-37)21(2)34(24)60-38(53)39(42,43)40(44,45)41(46,47)48;1-18-12-21-13-23-25(15-47)49-24(30(48(23)3)28(21)31(51)32(18)53-4)14-22-29(26(49)16-54-27(50)11-10-20-8-6-5-7-9-20)35-34(55-17-56-35)19(2)33(22)57-36(52)37(40,41)38(42,43)39(44,45)46/h6-10,13,25-28,32H,11-12,14-15,17-19H2,1-5H3;5-9,12,23-26,30,51H,10-11,13-14,16-17H2,1-4H3/t25-,26?,27-,28-,32-;23-,24?,25-,26-,30-/m00/s1. The molecule has 0 aliphatic carbocycles. The van der Waals surface area contributed by atoms with Gasteiger partial charge in [0.2, 0.25) is 13.6 Å². The van der Waals surface area contributed by atoms with Gasteiger partial charge in [-0.2, -0.15) is 72.0 Å². The van der Waals surface area contributed by atoms with Crippen molar-refractivity contribution in [1.29, 1.82) is 10.5 Å². The molecule has 6 aromatic carbocycles. The zero-order chi connectivity index (χ0) is 84.8. The van der Waals surface area contributed by atoms with E-state index in [1.165, 1.54) is 35.2 Å². The Morgan fingerprint density at radius 1 is 0.504 bits per heavy atom. The first-order chi connectivity index (χ1) is 55.2. The lowest BCUT2D eigenvalue weighted by Gasteiger charge is -2.59. The number of carbonyl (C=O) groups excluding carboxylic acids is 4. The van der Waals surface area contributed by atoms with Crippen molar-refractivity contribution < 1.29 is 143 Å². The molecule has 10 atom stereocenters. The number of phenols is 1. The quantitative estimate of drug-likeness (QED) is 0.0304. The van der Waals surface area contributed by atoms with Crippen LogP contribution >= 0.6 is 0 Å². The summed E-state index contributed by atoms with van der Waals surface area (Å²) >= 11 is 0. The van der Waals surface area contributed by atoms with Crippen molar-refractivity contribution in [3.05, 3.63) is 151 Å². The van der Waals surface area contributed by atoms with E-state index in [0.29, 0.717) is 58.6 Å². The molecule has 8 heterocycles. The molecule has 0 amide bonds. The number of piperazine rings is 2. The van der Waals surface area contributed by atoms with Gasteiger partial charge < -0.3 is 61.9 Å². The van der Waals surface area contributed by atoms with Crippen LogP contribution in [0, 0.1) is 50.4 Å². The summed E-state index contributed by atoms with van der Waals surface area (Å²) in [6, 6.07) is 17.9. The summed E-state index contributed by atoms with van der Waals surface area (Å²) in [5, 5.41) is 33.4. The summed E-state index contributed by atoms with van der Waals surface area (Å²) in [5.74, 6) is -35.3. The van der Waals surface area contributed by atoms with E-state index >= 15 is 0 Å². The molecule has 0 spiro atoms. The third-order valence-corrected chi connectivity index (χ3v) is 23.0. The van der Waals surface area contributed by atoms with Gasteiger partial charge in [-0.1, -0.05) is 72.8 Å². The number of phenolic OH excluding ortho intramolecular Hbond substituents is 1. The second-order valence-electron chi connectivity index (χ2n) is 29.4. The zero-order valence-electron chi connectivity index (χ0n) is 63.8. The Balaban J connectivity index is 0.000000203. The molecule has 6 aromatic rings. The second-order valence-corrected chi connectivity index (χ2v) is 29.4. The fourth-order valence-electron chi connectivity index (χ4n) is 17.7. The Morgan fingerprint density at radius 3 is 1.27 bits per heavy atom. The fraction of sp³-hybridized carbons (Fsp3) is 0.475. The van der Waals surface area contributed by atoms with E-state index in [0.717, 1.165) is 16.7 Å². The molecule has 117 heavy (non-hydrogen) atoms. The maximum absolute atomic E-state index is 15.0. The molecule has 2 unspecified atom stereocenters. The highest BCUT2D eigenvalue weighted by Gasteiger charge is 2.79. The Bertz CT molecular complexity index is 4990. The number of fused-ring (bicyclic) bond motifs is 18. The van der Waals surface area contributed by atoms with Gasteiger partial charge in [0, 0.05) is 88.6 Å². The van der Waals surface area contributed by atoms with Gasteiger partial charge in [0.15, 0.2) is 52.8 Å². The van der Waals surface area contributed by atoms with Crippen LogP contribution in [0.5, 0.6) is 57.5 Å². The van der Waals surface area contributed by atoms with Crippen LogP contribution in [0.4, 0.5) is 61.5 Å². The Hall–Kier alpha value is -10.6. The van der Waals surface area contributed by atoms with Crippen LogP contribution in [-0.2, 0) is 71.9 Å². The van der Waals surface area contributed by atoms with Gasteiger partial charge in [-0.05, 0) is 114 Å². The van der Waals surface area contributed by atoms with E-state index in [1.54, 1.807) is 43.0 Å². The lowest BCUT2D eigenvalue weighted by Crippen LogP contribution is -2.68. The van der Waals surface area contributed by atoms with Gasteiger partial charge in [-0.25, -0.2) is 9.59 Å². The molecular weight excluding hydrogens is 1580 g/mol. The van der Waals surface area contributed by atoms with E-state index in [2.05, 4.69) is 12.1 Å². The van der Waals surface area contributed by atoms with Crippen molar-refractivity contribution in [2.45, 2.75) is 176 Å². The third-order valence-electron chi connectivity index (χ3n) is 23.0. The van der Waals surface area contributed by atoms with Crippen LogP contribution in [0.15, 0.2) is 72.8 Å². The van der Waals surface area contributed by atoms with Crippen molar-refractivity contribution in [1.82, 2.24) is 19.6 Å². The number of ether oxygens (including phenoxy) is 12. The molecule has 2 fully saturated rings. The van der Waals surface area contributed by atoms with Gasteiger partial charge in [0.05, 0.1) is 50.5 Å². The Morgan fingerprint density at radius 2 is 0.889 bits per heavy atom. The number of carbonyl (C=O) groups is 4. The number of nitrogens with zero attached hydrogens (tertiary/aromatic N) is 6. The van der Waals surface area contributed by atoms with Gasteiger partial charge in [0.1, 0.15) is 36.8 Å². The minimum Gasteiger partial charge on any atom is -0.504 e. The number of halogens is 14. The topological polar surface area (TPSA) is 260 Å². The maximum Gasteiger partial charge on any atom is 0.460 e. The SMILES string of the molecule is COCOc1c(OC)c(C)cc2c1[C@@H]1C3Cc4c(OC(=O)C(F)(F)C(F)(F)C(F)(F)F)c(C)c5c(c4[C@H](COC(=O)CCc4ccccc4)N3[C@@H](C#N)[C@H](C2)N1C)OCO5.COc1c(C)cc2c(c1O)[C@@H]1C3Cc4c(OC(=O)C(F)(F)C(F)(F)C(F)(F)F)c(C)c5c(c4[C@H](COC(=O)CCc4ccccc4)N3[C@@H](C#N)[C@H](C2)N1C)OCO5. The van der Waals surface area contributed by atoms with Gasteiger partial charge in [-0.15, -0.1) is 0 Å². The smallest absolute Gasteiger partial charge is 0.460 e. The van der Waals surface area contributed by atoms with Crippen molar-refractivity contribution in [3.8, 4) is 69.6 Å². The number of alkyl halides is 14. The molecule has 0 radical (unpaired) electrons. The number of aryl methyl sites for hydroxylation is 4. The molecule has 8 aliphatic heterocycles. The molecular formula is C80H76F14N6O17. The highest BCUT2D eigenvalue weighted by atomic mass is 19.4. The van der Waals surface area contributed by atoms with Gasteiger partial charge in [0.25, 0.3) is 0 Å². The highest BCUT2D eigenvalue weighted by molar-refractivity contribution is 5.84. The number of nitriles is 2. The van der Waals surface area contributed by atoms with Crippen LogP contribution in [0.1, 0.15) is 115 Å². The van der Waals surface area contributed by atoms with Crippen LogP contribution in [-0.4, -0.2) is 190 Å². The number of hydrogen-bond donors (Lipinski definition) is 1. The van der Waals surface area contributed by atoms with Crippen molar-refractivity contribution in [2.75, 3.05) is 69.0 Å². The van der Waals surface area contributed by atoms with E-state index < -0.39 is 159 Å². The molecule has 4 bridgehead atoms. The van der Waals surface area contributed by atoms with Crippen LogP contribution in [0.25, 0.3) is 0 Å². The van der Waals surface area contributed by atoms with E-state index in [-0.39, 0.29) is 107 Å². The number of methoxy groups -OCH3 is 3. The van der Waals surface area contributed by atoms with Crippen molar-refractivity contribution >= 4 is 23.9 Å². The largest absolute Gasteiger partial charge is 0.504 e. The summed E-state index contributed by atoms with van der Waals surface area (Å²) in [6.45, 7) is 3.91. The number of rotatable bonds is 21. The third kappa shape index (κ3) is 14.2. The van der Waals surface area contributed by atoms with Crippen LogP contribution in [0.2, 0.25) is 0 Å². The lowest BCUT2D eigenvalue weighted by atomic mass is 9.71. The molecule has 1 N–H and O–H groups in total. The predicted octanol–water partition coefficient (Wildman–Crippen LogP) is 13.1. The summed E-state index contributed by atoms with van der Waals surface area (Å²) in [5.41, 5.74) is 4.88. The first kappa shape index (κ1) is 84.3. The monoisotopic (exact) mass is 1660 g/mol. The molecule has 626 valence electrons. The second kappa shape index (κ2) is 31.7. The molecule has 0 aromatic heterocycles. The van der Waals surface area contributed by atoms with E-state index in [1.807, 2.05) is 77.4 Å². The lowest BCUT2D eigenvalue weighted by molar-refractivity contribution is -0.346. The van der Waals surface area contributed by atoms with Crippen LogP contribution in [0.3, 0.4) is 0 Å². The molecule has 14 rings (SSSR count). The fourth-order valence-corrected chi connectivity index (χ4v) is 17.7. The zero-order valence-corrected chi connectivity index (χ0v) is 63.8. The van der Waals surface area contributed by atoms with Crippen LogP contribution < -0.4 is 42.6 Å². The Kier molecular flexibility index (Phi) is 22.8. The highest BCUT2D eigenvalue weighted by Crippen LogP contribution is 2.63. The van der Waals surface area contributed by atoms with Gasteiger partial charge >= 0.3 is 59.9 Å². The van der Waals surface area contributed by atoms with E-state index in [4.69, 9.17) is 56.8 Å². The number of benzene rings is 6. The first-order valence-corrected chi connectivity index (χ1v) is 36.6. The summed E-state index contributed by atoms with van der Waals surface area (Å²) in [6.07, 6.45) is -13.1. The summed E-state index contributed by atoms with van der Waals surface area (Å²) in [4.78, 5) is 59.9. The summed E-state index contributed by atoms with van der Waals surface area (Å²) < 4.78 is 263. The number of hydrogen-bond acceptors (Lipinski definition) is 23. The average molecular weight is 1660 g/mol. The Labute approximate surface area is 659 Å². The molecule has 0 saturated carbocycles. The molecule has 8 aliphatic rings. The molecule has 2 saturated heterocycles. The van der Waals surface area contributed by atoms with E-state index in [9.17, 15) is 96.3 Å². The first-order valence-electron chi connectivity index (χ1n) is 36.6. The van der Waals surface area contributed by atoms with Crippen molar-refractivity contribution in [2.24, 2.45) is 0 Å². The van der Waals surface area contributed by atoms with Crippen molar-refractivity contribution in [3.63, 3.8) is 0 Å². The minimum atomic E-state index is -6.82. The number of likely N-dealkylation sites (N-methyl/N-ethyl adjacent to an activating group) is 2. The summed E-state index contributed by atoms with van der Waals surface area (Å²) in [7, 11) is 7.72. The number of aromatic hydroxyl groups is 1.